The number of carbonyl (C=O) groups is 1. The Balaban J connectivity index is 1.79. The van der Waals surface area contributed by atoms with E-state index in [-0.39, 0.29) is 5.91 Å². The van der Waals surface area contributed by atoms with Gasteiger partial charge in [-0.05, 0) is 35.6 Å². The Morgan fingerprint density at radius 3 is 2.17 bits per heavy atom. The average Bonchev–Trinajstić information content (AvgIpc) is 2.81. The molecule has 1 amide bonds. The van der Waals surface area contributed by atoms with E-state index in [1.54, 1.807) is 0 Å². The molecule has 30 heavy (non-hydrogen) atoms. The van der Waals surface area contributed by atoms with Gasteiger partial charge in [0.05, 0.1) is 0 Å². The quantitative estimate of drug-likeness (QED) is 0.415. The van der Waals surface area contributed by atoms with Crippen LogP contribution in [0.2, 0.25) is 0 Å². The summed E-state index contributed by atoms with van der Waals surface area (Å²) in [5.41, 5.74) is 1.64. The number of anilines is 1. The van der Waals surface area contributed by atoms with Crippen LogP contribution in [0.5, 0.6) is 0 Å². The van der Waals surface area contributed by atoms with Gasteiger partial charge in [-0.1, -0.05) is 104 Å². The fourth-order valence-corrected chi connectivity index (χ4v) is 3.70. The maximum Gasteiger partial charge on any atom is 0.247 e. The van der Waals surface area contributed by atoms with Crippen molar-refractivity contribution in [3.05, 3.63) is 114 Å². The van der Waals surface area contributed by atoms with E-state index >= 15 is 0 Å². The van der Waals surface area contributed by atoms with Crippen LogP contribution in [-0.4, -0.2) is 5.91 Å². The van der Waals surface area contributed by atoms with Crippen molar-refractivity contribution in [2.75, 3.05) is 5.32 Å². The van der Waals surface area contributed by atoms with Gasteiger partial charge >= 0.3 is 0 Å². The van der Waals surface area contributed by atoms with Crippen LogP contribution < -0.4 is 5.32 Å². The van der Waals surface area contributed by atoms with Crippen LogP contribution in [0.25, 0.3) is 10.8 Å². The van der Waals surface area contributed by atoms with Crippen molar-refractivity contribution >= 4 is 22.4 Å². The molecule has 1 atom stereocenters. The molecule has 0 radical (unpaired) electrons. The molecule has 0 aliphatic rings. The summed E-state index contributed by atoms with van der Waals surface area (Å²) in [5, 5.41) is 5.28. The summed E-state index contributed by atoms with van der Waals surface area (Å²) in [6.07, 6.45) is 0.563. The summed E-state index contributed by atoms with van der Waals surface area (Å²) in [4.78, 5) is 13.7. The molecular weight excluding hydrogens is 366 g/mol. The van der Waals surface area contributed by atoms with Gasteiger partial charge in [0.25, 0.3) is 0 Å². The Morgan fingerprint density at radius 2 is 1.43 bits per heavy atom. The van der Waals surface area contributed by atoms with Gasteiger partial charge in [0.1, 0.15) is 5.41 Å². The Morgan fingerprint density at radius 1 is 0.800 bits per heavy atom. The van der Waals surface area contributed by atoms with Crippen molar-refractivity contribution in [2.45, 2.75) is 18.8 Å². The lowest BCUT2D eigenvalue weighted by molar-refractivity contribution is -0.119. The maximum absolute atomic E-state index is 13.7. The van der Waals surface area contributed by atoms with E-state index in [0.29, 0.717) is 6.42 Å². The van der Waals surface area contributed by atoms with Gasteiger partial charge in [0.2, 0.25) is 5.91 Å². The molecule has 0 saturated heterocycles. The Labute approximate surface area is 177 Å². The summed E-state index contributed by atoms with van der Waals surface area (Å²) in [6, 6.07) is 33.6. The zero-order valence-electron chi connectivity index (χ0n) is 16.9. The molecule has 2 nitrogen and oxygen atoms in total. The number of nitrogens with one attached hydrogen (secondary N) is 1. The minimum atomic E-state index is -0.950. The molecule has 4 aromatic rings. The second-order valence-corrected chi connectivity index (χ2v) is 7.22. The molecule has 0 aromatic heterocycles. The molecule has 146 valence electrons. The van der Waals surface area contributed by atoms with E-state index in [9.17, 15) is 4.79 Å². The summed E-state index contributed by atoms with van der Waals surface area (Å²) in [6.45, 7) is 2.01. The summed E-state index contributed by atoms with van der Waals surface area (Å²) in [7, 11) is 0. The topological polar surface area (TPSA) is 29.1 Å². The van der Waals surface area contributed by atoms with Gasteiger partial charge < -0.3 is 5.32 Å². The third kappa shape index (κ3) is 3.83. The highest BCUT2D eigenvalue weighted by atomic mass is 16.2. The molecule has 0 saturated carbocycles. The highest BCUT2D eigenvalue weighted by Gasteiger charge is 2.37. The number of hydrogen-bond donors (Lipinski definition) is 1. The van der Waals surface area contributed by atoms with Gasteiger partial charge in [-0.2, -0.15) is 0 Å². The molecule has 0 heterocycles. The SMILES string of the molecule is CC[C@](C#Cc1ccccc1)(C(=O)Nc1cccc2ccccc12)c1ccccc1. The van der Waals surface area contributed by atoms with Gasteiger partial charge in [-0.25, -0.2) is 0 Å². The van der Waals surface area contributed by atoms with E-state index < -0.39 is 5.41 Å². The molecule has 2 heteroatoms. The van der Waals surface area contributed by atoms with Crippen LogP contribution >= 0.6 is 0 Å². The summed E-state index contributed by atoms with van der Waals surface area (Å²) in [5.74, 6) is 6.43. The van der Waals surface area contributed by atoms with Crippen LogP contribution in [0.3, 0.4) is 0 Å². The normalized spacial score (nSPS) is 12.4. The number of benzene rings is 4. The van der Waals surface area contributed by atoms with Crippen molar-refractivity contribution in [3.63, 3.8) is 0 Å². The molecule has 4 aromatic carbocycles. The van der Waals surface area contributed by atoms with E-state index in [4.69, 9.17) is 0 Å². The Bertz CT molecular complexity index is 1210. The Kier molecular flexibility index (Phi) is 5.63. The second kappa shape index (κ2) is 8.68. The predicted octanol–water partition coefficient (Wildman–Crippen LogP) is 6.18. The molecule has 0 aliphatic heterocycles. The van der Waals surface area contributed by atoms with Crippen molar-refractivity contribution in [3.8, 4) is 11.8 Å². The predicted molar refractivity (Wildman–Crippen MR) is 124 cm³/mol. The molecule has 0 fully saturated rings. The van der Waals surface area contributed by atoms with E-state index in [1.807, 2.05) is 110 Å². The largest absolute Gasteiger partial charge is 0.324 e. The molecule has 0 spiro atoms. The zero-order valence-corrected chi connectivity index (χ0v) is 16.9. The van der Waals surface area contributed by atoms with Crippen LogP contribution in [0.1, 0.15) is 24.5 Å². The Hall–Kier alpha value is -3.83. The van der Waals surface area contributed by atoms with Gasteiger partial charge in [0.15, 0.2) is 0 Å². The first-order chi connectivity index (χ1) is 14.7. The van der Waals surface area contributed by atoms with E-state index in [0.717, 1.165) is 27.6 Å². The lowest BCUT2D eigenvalue weighted by Crippen LogP contribution is -2.39. The van der Waals surface area contributed by atoms with Crippen molar-refractivity contribution in [1.29, 1.82) is 0 Å². The average molecular weight is 389 g/mol. The molecule has 1 N–H and O–H groups in total. The number of hydrogen-bond acceptors (Lipinski definition) is 1. The zero-order chi connectivity index (χ0) is 20.8. The van der Waals surface area contributed by atoms with Crippen LogP contribution in [-0.2, 0) is 10.2 Å². The summed E-state index contributed by atoms with van der Waals surface area (Å²) < 4.78 is 0. The van der Waals surface area contributed by atoms with Crippen LogP contribution in [0.4, 0.5) is 5.69 Å². The maximum atomic E-state index is 13.7. The number of fused-ring (bicyclic) bond motifs is 1. The standard InChI is InChI=1S/C28H23NO/c1-2-28(24-16-7-4-8-17-24,21-20-22-12-5-3-6-13-22)27(30)29-26-19-11-15-23-14-9-10-18-25(23)26/h3-19H,2H2,1H3,(H,29,30)/t28-/m1/s1. The molecular formula is C28H23NO. The first kappa shape index (κ1) is 19.5. The lowest BCUT2D eigenvalue weighted by atomic mass is 9.77. The number of carbonyl (C=O) groups excluding carboxylic acids is 1. The molecule has 0 unspecified atom stereocenters. The number of rotatable bonds is 4. The monoisotopic (exact) mass is 389 g/mol. The third-order valence-corrected chi connectivity index (χ3v) is 5.42. The van der Waals surface area contributed by atoms with Crippen molar-refractivity contribution in [1.82, 2.24) is 0 Å². The van der Waals surface area contributed by atoms with Gasteiger partial charge in [0, 0.05) is 16.6 Å². The first-order valence-electron chi connectivity index (χ1n) is 10.2. The molecule has 0 aliphatic carbocycles. The smallest absolute Gasteiger partial charge is 0.247 e. The third-order valence-electron chi connectivity index (χ3n) is 5.42. The highest BCUT2D eigenvalue weighted by Crippen LogP contribution is 2.31. The first-order valence-corrected chi connectivity index (χ1v) is 10.2. The van der Waals surface area contributed by atoms with Crippen molar-refractivity contribution in [2.24, 2.45) is 0 Å². The minimum Gasteiger partial charge on any atom is -0.324 e. The lowest BCUT2D eigenvalue weighted by Gasteiger charge is -2.27. The van der Waals surface area contributed by atoms with Gasteiger partial charge in [-0.3, -0.25) is 4.79 Å². The minimum absolute atomic E-state index is 0.115. The number of amides is 1. The highest BCUT2D eigenvalue weighted by molar-refractivity contribution is 6.07. The molecule has 0 bridgehead atoms. The summed E-state index contributed by atoms with van der Waals surface area (Å²) >= 11 is 0. The van der Waals surface area contributed by atoms with Crippen LogP contribution in [0.15, 0.2) is 103 Å². The second-order valence-electron chi connectivity index (χ2n) is 7.22. The van der Waals surface area contributed by atoms with Crippen LogP contribution in [0, 0.1) is 11.8 Å². The molecule has 4 rings (SSSR count). The van der Waals surface area contributed by atoms with E-state index in [2.05, 4.69) is 17.2 Å². The fourth-order valence-electron chi connectivity index (χ4n) is 3.70. The van der Waals surface area contributed by atoms with E-state index in [1.165, 1.54) is 0 Å². The fraction of sp³-hybridized carbons (Fsp3) is 0.107. The van der Waals surface area contributed by atoms with Gasteiger partial charge in [-0.15, -0.1) is 0 Å². The van der Waals surface area contributed by atoms with Crippen molar-refractivity contribution < 1.29 is 4.79 Å².